The largest absolute Gasteiger partial charge is 0.486 e. The summed E-state index contributed by atoms with van der Waals surface area (Å²) in [5.74, 6) is 1.01. The third kappa shape index (κ3) is 4.89. The molecule has 1 fully saturated rings. The van der Waals surface area contributed by atoms with Crippen LogP contribution in [0.5, 0.6) is 5.75 Å². The second-order valence-electron chi connectivity index (χ2n) is 6.21. The van der Waals surface area contributed by atoms with Crippen LogP contribution >= 0.6 is 11.3 Å². The summed E-state index contributed by atoms with van der Waals surface area (Å²) in [7, 11) is 0. The Balaban J connectivity index is 1.55. The zero-order valence-electron chi connectivity index (χ0n) is 14.2. The lowest BCUT2D eigenvalue weighted by Crippen LogP contribution is -2.24. The van der Waals surface area contributed by atoms with E-state index in [0.29, 0.717) is 11.7 Å². The van der Waals surface area contributed by atoms with E-state index in [1.165, 1.54) is 17.8 Å². The number of ether oxygens (including phenoxy) is 1. The first-order chi connectivity index (χ1) is 12.3. The second-order valence-corrected chi connectivity index (χ2v) is 7.28. The van der Waals surface area contributed by atoms with Gasteiger partial charge in [-0.2, -0.15) is 0 Å². The number of rotatable bonds is 7. The fourth-order valence-corrected chi connectivity index (χ4v) is 3.70. The number of aromatic nitrogens is 2. The normalized spacial score (nSPS) is 14.9. The molecule has 25 heavy (non-hydrogen) atoms. The molecule has 6 heteroatoms. The van der Waals surface area contributed by atoms with E-state index in [0.717, 1.165) is 48.4 Å². The number of para-hydroxylation sites is 1. The fourth-order valence-electron chi connectivity index (χ4n) is 3.04. The zero-order valence-corrected chi connectivity index (χ0v) is 15.1. The molecule has 0 bridgehead atoms. The molecule has 0 aliphatic heterocycles. The maximum atomic E-state index is 12.3. The summed E-state index contributed by atoms with van der Waals surface area (Å²) >= 11 is 1.36. The van der Waals surface area contributed by atoms with Crippen LogP contribution in [-0.2, 0) is 17.8 Å². The molecule has 0 radical (unpaired) electrons. The van der Waals surface area contributed by atoms with Crippen molar-refractivity contribution in [1.82, 2.24) is 10.2 Å². The Hall–Kier alpha value is -2.21. The molecule has 5 nitrogen and oxygen atoms in total. The van der Waals surface area contributed by atoms with Gasteiger partial charge in [0.25, 0.3) is 0 Å². The predicted molar refractivity (Wildman–Crippen MR) is 99.8 cm³/mol. The topological polar surface area (TPSA) is 64.1 Å². The molecule has 1 heterocycles. The fraction of sp³-hybridized carbons (Fsp3) is 0.421. The first-order valence-electron chi connectivity index (χ1n) is 8.71. The van der Waals surface area contributed by atoms with Gasteiger partial charge in [-0.1, -0.05) is 54.9 Å². The van der Waals surface area contributed by atoms with Crippen molar-refractivity contribution in [3.63, 3.8) is 0 Å². The van der Waals surface area contributed by atoms with Crippen LogP contribution in [0.2, 0.25) is 0 Å². The van der Waals surface area contributed by atoms with Crippen LogP contribution in [0, 0.1) is 5.92 Å². The summed E-state index contributed by atoms with van der Waals surface area (Å²) < 4.78 is 5.86. The lowest BCUT2D eigenvalue weighted by Gasteiger charge is -2.19. The third-order valence-electron chi connectivity index (χ3n) is 4.36. The minimum Gasteiger partial charge on any atom is -0.486 e. The highest BCUT2D eigenvalue weighted by Crippen LogP contribution is 2.26. The van der Waals surface area contributed by atoms with Gasteiger partial charge in [0.05, 0.1) is 0 Å². The monoisotopic (exact) mass is 357 g/mol. The third-order valence-corrected chi connectivity index (χ3v) is 5.17. The highest BCUT2D eigenvalue weighted by molar-refractivity contribution is 7.15. The minimum absolute atomic E-state index is 0.0691. The van der Waals surface area contributed by atoms with Crippen LogP contribution in [-0.4, -0.2) is 16.1 Å². The summed E-state index contributed by atoms with van der Waals surface area (Å²) in [6.07, 6.45) is 8.06. The number of benzene rings is 1. The Morgan fingerprint density at radius 2 is 2.08 bits per heavy atom. The molecule has 1 aromatic heterocycles. The van der Waals surface area contributed by atoms with Crippen molar-refractivity contribution in [3.8, 4) is 5.75 Å². The zero-order chi connectivity index (χ0) is 17.5. The molecular weight excluding hydrogens is 334 g/mol. The molecule has 1 aliphatic carbocycles. The Morgan fingerprint density at radius 1 is 1.28 bits per heavy atom. The van der Waals surface area contributed by atoms with Crippen LogP contribution < -0.4 is 10.1 Å². The van der Waals surface area contributed by atoms with Crippen LogP contribution in [0.4, 0.5) is 5.13 Å². The van der Waals surface area contributed by atoms with Crippen LogP contribution in [0.15, 0.2) is 36.9 Å². The average molecular weight is 357 g/mol. The number of nitrogens with one attached hydrogen (secondary N) is 1. The molecule has 1 N–H and O–H groups in total. The highest BCUT2D eigenvalue weighted by atomic mass is 32.1. The molecule has 1 amide bonds. The summed E-state index contributed by atoms with van der Waals surface area (Å²) in [6.45, 7) is 4.11. The first-order valence-corrected chi connectivity index (χ1v) is 9.53. The van der Waals surface area contributed by atoms with E-state index in [1.54, 1.807) is 0 Å². The van der Waals surface area contributed by atoms with E-state index in [1.807, 2.05) is 30.3 Å². The number of nitrogens with zero attached hydrogens (tertiary/aromatic N) is 2. The molecule has 1 aromatic carbocycles. The van der Waals surface area contributed by atoms with Gasteiger partial charge in [0, 0.05) is 5.92 Å². The smallest absolute Gasteiger partial charge is 0.229 e. The molecule has 0 unspecified atom stereocenters. The van der Waals surface area contributed by atoms with Crippen LogP contribution in [0.3, 0.4) is 0 Å². The van der Waals surface area contributed by atoms with Crippen molar-refractivity contribution in [3.05, 3.63) is 47.5 Å². The van der Waals surface area contributed by atoms with Gasteiger partial charge in [-0.15, -0.1) is 16.8 Å². The Bertz CT molecular complexity index is 723. The van der Waals surface area contributed by atoms with E-state index in [-0.39, 0.29) is 11.8 Å². The van der Waals surface area contributed by atoms with Gasteiger partial charge in [0.2, 0.25) is 11.0 Å². The van der Waals surface area contributed by atoms with Crippen molar-refractivity contribution < 1.29 is 9.53 Å². The average Bonchev–Trinajstić information content (AvgIpc) is 3.09. The number of carbonyl (C=O) groups excluding carboxylic acids is 1. The minimum atomic E-state index is 0.0691. The molecule has 1 aliphatic rings. The summed E-state index contributed by atoms with van der Waals surface area (Å²) in [5, 5.41) is 12.4. The van der Waals surface area contributed by atoms with E-state index >= 15 is 0 Å². The molecule has 0 saturated heterocycles. The molecular formula is C19H23N3O2S. The van der Waals surface area contributed by atoms with E-state index < -0.39 is 0 Å². The second kappa shape index (κ2) is 8.76. The number of hydrogen-bond donors (Lipinski definition) is 1. The quantitative estimate of drug-likeness (QED) is 0.748. The number of hydrogen-bond acceptors (Lipinski definition) is 5. The van der Waals surface area contributed by atoms with E-state index in [2.05, 4.69) is 22.1 Å². The van der Waals surface area contributed by atoms with Gasteiger partial charge < -0.3 is 10.1 Å². The predicted octanol–water partition coefficient (Wildman–Crippen LogP) is 4.36. The van der Waals surface area contributed by atoms with Crippen LogP contribution in [0.1, 0.15) is 42.7 Å². The standard InChI is InChI=1S/C19H23N3O2S/c1-2-8-14-9-6-7-12-16(14)24-13-17-21-22-19(25-17)20-18(23)15-10-4-3-5-11-15/h2,6-7,9,12,15H,1,3-5,8,10-11,13H2,(H,20,22,23). The maximum Gasteiger partial charge on any atom is 0.229 e. The van der Waals surface area contributed by atoms with Gasteiger partial charge in [-0.3, -0.25) is 4.79 Å². The maximum absolute atomic E-state index is 12.3. The molecule has 0 spiro atoms. The highest BCUT2D eigenvalue weighted by Gasteiger charge is 2.22. The van der Waals surface area contributed by atoms with Crippen molar-refractivity contribution in [1.29, 1.82) is 0 Å². The number of anilines is 1. The van der Waals surface area contributed by atoms with Gasteiger partial charge in [-0.25, -0.2) is 0 Å². The molecule has 132 valence electrons. The Labute approximate surface area is 152 Å². The number of amides is 1. The van der Waals surface area contributed by atoms with E-state index in [9.17, 15) is 4.79 Å². The summed E-state index contributed by atoms with van der Waals surface area (Å²) in [6, 6.07) is 7.88. The lowest BCUT2D eigenvalue weighted by atomic mass is 9.89. The van der Waals surface area contributed by atoms with Gasteiger partial charge >= 0.3 is 0 Å². The van der Waals surface area contributed by atoms with Crippen molar-refractivity contribution in [2.45, 2.75) is 45.1 Å². The summed E-state index contributed by atoms with van der Waals surface area (Å²) in [5.41, 5.74) is 1.09. The summed E-state index contributed by atoms with van der Waals surface area (Å²) in [4.78, 5) is 12.3. The Morgan fingerprint density at radius 3 is 2.88 bits per heavy atom. The Kier molecular flexibility index (Phi) is 6.17. The SMILES string of the molecule is C=CCc1ccccc1OCc1nnc(NC(=O)C2CCCCC2)s1. The lowest BCUT2D eigenvalue weighted by molar-refractivity contribution is -0.120. The van der Waals surface area contributed by atoms with E-state index in [4.69, 9.17) is 4.74 Å². The van der Waals surface area contributed by atoms with Gasteiger partial charge in [0.1, 0.15) is 12.4 Å². The van der Waals surface area contributed by atoms with Gasteiger partial charge in [-0.05, 0) is 30.9 Å². The molecule has 1 saturated carbocycles. The number of allylic oxidation sites excluding steroid dienone is 1. The molecule has 3 rings (SSSR count). The van der Waals surface area contributed by atoms with Crippen molar-refractivity contribution in [2.24, 2.45) is 5.92 Å². The van der Waals surface area contributed by atoms with Gasteiger partial charge in [0.15, 0.2) is 5.01 Å². The first kappa shape index (κ1) is 17.6. The molecule has 2 aromatic rings. The molecule has 0 atom stereocenters. The van der Waals surface area contributed by atoms with Crippen molar-refractivity contribution >= 4 is 22.4 Å². The van der Waals surface area contributed by atoms with Crippen LogP contribution in [0.25, 0.3) is 0 Å². The van der Waals surface area contributed by atoms with Crippen molar-refractivity contribution in [2.75, 3.05) is 5.32 Å². The number of carbonyl (C=O) groups is 1.